The molecule has 1 N–H and O–H groups in total. The van der Waals surface area contributed by atoms with Crippen LogP contribution < -0.4 is 0 Å². The minimum Gasteiger partial charge on any atom is -0.501 e. The molecule has 1 unspecified atom stereocenters. The summed E-state index contributed by atoms with van der Waals surface area (Å²) in [7, 11) is 0. The lowest BCUT2D eigenvalue weighted by Crippen LogP contribution is -1.91. The number of rotatable bonds is 1. The second-order valence-corrected chi connectivity index (χ2v) is 2.84. The Hall–Kier alpha value is -0.900. The largest absolute Gasteiger partial charge is 0.501 e. The predicted molar refractivity (Wildman–Crippen MR) is 41.4 cm³/mol. The van der Waals surface area contributed by atoms with Crippen LogP contribution in [0.5, 0.6) is 0 Å². The quantitative estimate of drug-likeness (QED) is 0.432. The van der Waals surface area contributed by atoms with Gasteiger partial charge in [-0.15, -0.1) is 0 Å². The molecule has 1 fully saturated rings. The summed E-state index contributed by atoms with van der Waals surface area (Å²) in [6.45, 7) is 5.38. The summed E-state index contributed by atoms with van der Waals surface area (Å²) >= 11 is 0. The molecule has 1 aliphatic rings. The van der Waals surface area contributed by atoms with Crippen molar-refractivity contribution in [1.29, 1.82) is 0 Å². The van der Waals surface area contributed by atoms with Gasteiger partial charge >= 0.3 is 0 Å². The Morgan fingerprint density at radius 1 is 1.70 bits per heavy atom. The van der Waals surface area contributed by atoms with Gasteiger partial charge in [0, 0.05) is 5.92 Å². The number of aliphatic hydroxyl groups excluding tert-OH is 1. The number of aliphatic hydroxyl groups is 1. The minimum atomic E-state index is -0.0208. The normalized spacial score (nSPS) is 18.9. The van der Waals surface area contributed by atoms with Crippen LogP contribution in [0.25, 0.3) is 0 Å². The lowest BCUT2D eigenvalue weighted by Gasteiger charge is -1.95. The first-order valence-electron chi connectivity index (χ1n) is 3.59. The molecule has 1 rings (SSSR count). The third-order valence-corrected chi connectivity index (χ3v) is 1.77. The fraction of sp³-hybridized carbons (Fsp3) is 0.556. The van der Waals surface area contributed by atoms with Crippen molar-refractivity contribution >= 4 is 0 Å². The second kappa shape index (κ2) is 2.79. The zero-order valence-corrected chi connectivity index (χ0v) is 6.22. The zero-order valence-electron chi connectivity index (χ0n) is 6.22. The number of hydrogen-bond acceptors (Lipinski definition) is 1. The maximum absolute atomic E-state index is 8.64. The van der Waals surface area contributed by atoms with Crippen molar-refractivity contribution in [1.82, 2.24) is 0 Å². The molecule has 54 valence electrons. The molecule has 0 aromatic rings. The van der Waals surface area contributed by atoms with E-state index < -0.39 is 0 Å². The first kappa shape index (κ1) is 7.21. The average Bonchev–Trinajstić information content (AvgIpc) is 2.63. The van der Waals surface area contributed by atoms with Gasteiger partial charge in [0.25, 0.3) is 0 Å². The second-order valence-electron chi connectivity index (χ2n) is 2.84. The van der Waals surface area contributed by atoms with E-state index in [1.807, 2.05) is 0 Å². The van der Waals surface area contributed by atoms with Crippen LogP contribution >= 0.6 is 0 Å². The van der Waals surface area contributed by atoms with Gasteiger partial charge in [0.05, 0.1) is 0 Å². The van der Waals surface area contributed by atoms with E-state index in [0.29, 0.717) is 5.92 Å². The van der Waals surface area contributed by atoms with E-state index in [9.17, 15) is 0 Å². The molecule has 0 radical (unpaired) electrons. The van der Waals surface area contributed by atoms with Crippen molar-refractivity contribution < 1.29 is 5.11 Å². The van der Waals surface area contributed by atoms with Gasteiger partial charge in [-0.3, -0.25) is 0 Å². The highest BCUT2D eigenvalue weighted by atomic mass is 16.3. The topological polar surface area (TPSA) is 20.2 Å². The van der Waals surface area contributed by atoms with Crippen LogP contribution in [0, 0.1) is 23.7 Å². The highest BCUT2D eigenvalue weighted by Gasteiger charge is 2.26. The van der Waals surface area contributed by atoms with Crippen LogP contribution in [0.2, 0.25) is 0 Å². The molecule has 1 heteroatoms. The van der Waals surface area contributed by atoms with Gasteiger partial charge in [0.1, 0.15) is 0 Å². The van der Waals surface area contributed by atoms with E-state index in [1.165, 1.54) is 12.8 Å². The lowest BCUT2D eigenvalue weighted by molar-refractivity contribution is 0.440. The fourth-order valence-corrected chi connectivity index (χ4v) is 0.911. The van der Waals surface area contributed by atoms with Crippen molar-refractivity contribution in [3.8, 4) is 11.8 Å². The molecule has 0 heterocycles. The van der Waals surface area contributed by atoms with Gasteiger partial charge in [-0.25, -0.2) is 0 Å². The van der Waals surface area contributed by atoms with Crippen molar-refractivity contribution in [2.45, 2.75) is 19.8 Å². The molecule has 1 saturated carbocycles. The number of hydrogen-bond donors (Lipinski definition) is 1. The molecular weight excluding hydrogens is 124 g/mol. The molecule has 0 saturated heterocycles. The van der Waals surface area contributed by atoms with E-state index in [4.69, 9.17) is 5.11 Å². The summed E-state index contributed by atoms with van der Waals surface area (Å²) < 4.78 is 0. The molecule has 0 aromatic heterocycles. The summed E-state index contributed by atoms with van der Waals surface area (Å²) in [5, 5.41) is 8.64. The van der Waals surface area contributed by atoms with Gasteiger partial charge in [-0.2, -0.15) is 0 Å². The third kappa shape index (κ3) is 2.14. The van der Waals surface area contributed by atoms with Gasteiger partial charge in [-0.1, -0.05) is 12.8 Å². The molecule has 0 amide bonds. The monoisotopic (exact) mass is 136 g/mol. The van der Waals surface area contributed by atoms with E-state index in [1.54, 1.807) is 0 Å². The Bertz CT molecular complexity index is 191. The fourth-order valence-electron chi connectivity index (χ4n) is 0.911. The summed E-state index contributed by atoms with van der Waals surface area (Å²) in [5.74, 6) is 6.72. The first-order chi connectivity index (χ1) is 4.70. The molecular formula is C9H12O. The first-order valence-corrected chi connectivity index (χ1v) is 3.59. The zero-order chi connectivity index (χ0) is 7.56. The Morgan fingerprint density at radius 3 is 2.70 bits per heavy atom. The lowest BCUT2D eigenvalue weighted by atomic mass is 10.1. The average molecular weight is 136 g/mol. The van der Waals surface area contributed by atoms with Gasteiger partial charge in [-0.05, 0) is 31.3 Å². The van der Waals surface area contributed by atoms with Crippen LogP contribution in [0.1, 0.15) is 19.8 Å². The Kier molecular flexibility index (Phi) is 2.01. The predicted octanol–water partition coefficient (Wildman–Crippen LogP) is 2.11. The summed E-state index contributed by atoms with van der Waals surface area (Å²) in [5.41, 5.74) is 0. The maximum Gasteiger partial charge on any atom is 0.159 e. The van der Waals surface area contributed by atoms with Gasteiger partial charge in [0.15, 0.2) is 5.76 Å². The van der Waals surface area contributed by atoms with E-state index in [0.717, 1.165) is 5.92 Å². The van der Waals surface area contributed by atoms with Crippen molar-refractivity contribution in [2.24, 2.45) is 11.8 Å². The molecule has 1 atom stereocenters. The summed E-state index contributed by atoms with van der Waals surface area (Å²) in [6, 6.07) is 0. The van der Waals surface area contributed by atoms with E-state index in [-0.39, 0.29) is 5.76 Å². The van der Waals surface area contributed by atoms with Crippen molar-refractivity contribution in [3.63, 3.8) is 0 Å². The molecule has 0 spiro atoms. The number of allylic oxidation sites excluding steroid dienone is 1. The summed E-state index contributed by atoms with van der Waals surface area (Å²) in [4.78, 5) is 0. The van der Waals surface area contributed by atoms with Crippen LogP contribution in [-0.4, -0.2) is 5.11 Å². The Balaban J connectivity index is 2.36. The van der Waals surface area contributed by atoms with E-state index in [2.05, 4.69) is 25.3 Å². The smallest absolute Gasteiger partial charge is 0.159 e. The van der Waals surface area contributed by atoms with Crippen LogP contribution in [0.15, 0.2) is 12.3 Å². The van der Waals surface area contributed by atoms with Crippen LogP contribution in [0.4, 0.5) is 0 Å². The molecule has 1 aliphatic carbocycles. The van der Waals surface area contributed by atoms with Crippen molar-refractivity contribution in [3.05, 3.63) is 12.3 Å². The van der Waals surface area contributed by atoms with Gasteiger partial charge in [0.2, 0.25) is 0 Å². The van der Waals surface area contributed by atoms with Crippen LogP contribution in [0.3, 0.4) is 0 Å². The standard InChI is InChI=1S/C9H12O/c1-7(9-5-6-9)3-4-8(2)10/h7,9-10H,2,5-6H2,1H3. The van der Waals surface area contributed by atoms with Gasteiger partial charge < -0.3 is 5.11 Å². The maximum atomic E-state index is 8.64. The summed E-state index contributed by atoms with van der Waals surface area (Å²) in [6.07, 6.45) is 2.60. The highest BCUT2D eigenvalue weighted by molar-refractivity contribution is 5.20. The van der Waals surface area contributed by atoms with Crippen molar-refractivity contribution in [2.75, 3.05) is 0 Å². The molecule has 10 heavy (non-hydrogen) atoms. The Labute approximate surface area is 61.8 Å². The van der Waals surface area contributed by atoms with Crippen LogP contribution in [-0.2, 0) is 0 Å². The third-order valence-electron chi connectivity index (χ3n) is 1.77. The molecule has 0 aromatic carbocycles. The molecule has 0 bridgehead atoms. The molecule has 1 nitrogen and oxygen atoms in total. The highest BCUT2D eigenvalue weighted by Crippen LogP contribution is 2.35. The minimum absolute atomic E-state index is 0.0208. The molecule has 0 aliphatic heterocycles. The Morgan fingerprint density at radius 2 is 2.30 bits per heavy atom. The SMILES string of the molecule is C=C(O)C#CC(C)C1CC1. The van der Waals surface area contributed by atoms with E-state index >= 15 is 0 Å².